The van der Waals surface area contributed by atoms with Crippen LogP contribution >= 0.6 is 34.4 Å². The van der Waals surface area contributed by atoms with Crippen molar-refractivity contribution in [3.63, 3.8) is 0 Å². The molecule has 4 nitrogen and oxygen atoms in total. The fraction of sp³-hybridized carbons (Fsp3) is 0.714. The van der Waals surface area contributed by atoms with Crippen LogP contribution in [-0.4, -0.2) is 46.0 Å². The Balaban J connectivity index is 4.95. The largest absolute Gasteiger partial charge is 0.477 e. The van der Waals surface area contributed by atoms with E-state index in [9.17, 15) is 9.59 Å². The van der Waals surface area contributed by atoms with Gasteiger partial charge in [0, 0.05) is 0 Å². The lowest BCUT2D eigenvalue weighted by molar-refractivity contribution is -0.707. The molecule has 0 rings (SSSR count). The zero-order chi connectivity index (χ0) is 11.4. The van der Waals surface area contributed by atoms with Crippen molar-refractivity contribution in [3.05, 3.63) is 0 Å². The summed E-state index contributed by atoms with van der Waals surface area (Å²) in [4.78, 5) is 22.3. The second-order valence-corrected chi connectivity index (χ2v) is 5.84. The van der Waals surface area contributed by atoms with E-state index >= 15 is 0 Å². The molecule has 14 heavy (non-hydrogen) atoms. The van der Waals surface area contributed by atoms with E-state index in [4.69, 9.17) is 5.11 Å². The maximum atomic E-state index is 11.4. The molecule has 0 spiro atoms. The number of quaternary nitrogens is 1. The first-order valence-electron chi connectivity index (χ1n) is 3.83. The van der Waals surface area contributed by atoms with Gasteiger partial charge in [-0.15, -0.1) is 0 Å². The molecular formula is C7H14NO3S3+. The molecule has 0 saturated carbocycles. The molecular weight excluding hydrogens is 242 g/mol. The van der Waals surface area contributed by atoms with Crippen molar-refractivity contribution in [3.8, 4) is 0 Å². The molecule has 0 aliphatic heterocycles. The number of likely N-dealkylation sites (N-methyl/N-ethyl adjacent to an activating group) is 1. The Morgan fingerprint density at radius 3 is 2.29 bits per heavy atom. The highest BCUT2D eigenvalue weighted by Crippen LogP contribution is 2.34. The Morgan fingerprint density at radius 1 is 1.57 bits per heavy atom. The molecule has 82 valence electrons. The molecule has 1 unspecified atom stereocenters. The lowest BCUT2D eigenvalue weighted by atomic mass is 10.3. The number of rotatable bonds is 5. The van der Waals surface area contributed by atoms with E-state index in [2.05, 4.69) is 12.6 Å². The van der Waals surface area contributed by atoms with E-state index in [1.165, 1.54) is 28.7 Å². The maximum Gasteiger partial charge on any atom is 0.365 e. The molecule has 0 bridgehead atoms. The SMILES string of the molecule is CSS[N+](C)(C(C)=O)[C@@H](CS)C(=O)O. The van der Waals surface area contributed by atoms with Crippen LogP contribution in [0.1, 0.15) is 6.92 Å². The Kier molecular flexibility index (Phi) is 5.96. The van der Waals surface area contributed by atoms with E-state index < -0.39 is 12.0 Å². The Bertz CT molecular complexity index is 236. The van der Waals surface area contributed by atoms with Crippen LogP contribution in [0.25, 0.3) is 0 Å². The van der Waals surface area contributed by atoms with Crippen LogP contribution in [0.3, 0.4) is 0 Å². The molecule has 7 heteroatoms. The Labute approximate surface area is 97.0 Å². The monoisotopic (exact) mass is 256 g/mol. The lowest BCUT2D eigenvalue weighted by Gasteiger charge is -2.31. The summed E-state index contributed by atoms with van der Waals surface area (Å²) < 4.78 is -0.194. The third-order valence-electron chi connectivity index (χ3n) is 1.91. The van der Waals surface area contributed by atoms with Crippen molar-refractivity contribution in [1.29, 1.82) is 0 Å². The van der Waals surface area contributed by atoms with E-state index in [1.807, 2.05) is 6.26 Å². The second kappa shape index (κ2) is 5.89. The summed E-state index contributed by atoms with van der Waals surface area (Å²) in [5.74, 6) is -1.05. The standard InChI is InChI=1S/C7H13NO3S3/c1-5(9)8(2,14-13-3)6(4-12)7(10)11/h6H,4H2,1-3H3,(H-,10,11,12)/p+1/t6-,8?/m0/s1. The van der Waals surface area contributed by atoms with Gasteiger partial charge in [-0.25, -0.2) is 9.59 Å². The molecule has 0 radical (unpaired) electrons. The first-order valence-corrected chi connectivity index (χ1v) is 6.98. The van der Waals surface area contributed by atoms with Crippen LogP contribution in [0, 0.1) is 0 Å². The van der Waals surface area contributed by atoms with Gasteiger partial charge in [0.25, 0.3) is 0 Å². The van der Waals surface area contributed by atoms with Gasteiger partial charge in [0.2, 0.25) is 6.04 Å². The number of amides is 1. The smallest absolute Gasteiger partial charge is 0.365 e. The van der Waals surface area contributed by atoms with Crippen molar-refractivity contribution in [2.75, 3.05) is 19.1 Å². The van der Waals surface area contributed by atoms with Gasteiger partial charge in [0.15, 0.2) is 11.0 Å². The van der Waals surface area contributed by atoms with Gasteiger partial charge in [0.05, 0.1) is 19.7 Å². The molecule has 0 heterocycles. The van der Waals surface area contributed by atoms with Crippen molar-refractivity contribution >= 4 is 46.3 Å². The normalized spacial score (nSPS) is 17.1. The number of carboxylic acid groups (broad SMARTS) is 1. The molecule has 0 fully saturated rings. The second-order valence-electron chi connectivity index (χ2n) is 2.79. The first kappa shape index (κ1) is 14.2. The van der Waals surface area contributed by atoms with E-state index in [0.717, 1.165) is 0 Å². The van der Waals surface area contributed by atoms with Crippen molar-refractivity contribution in [2.24, 2.45) is 0 Å². The minimum absolute atomic E-state index is 0.138. The van der Waals surface area contributed by atoms with Crippen molar-refractivity contribution < 1.29 is 18.6 Å². The summed E-state index contributed by atoms with van der Waals surface area (Å²) in [6.45, 7) is 1.39. The first-order chi connectivity index (χ1) is 6.40. The summed E-state index contributed by atoms with van der Waals surface area (Å²) in [6, 6.07) is -0.812. The zero-order valence-corrected chi connectivity index (χ0v) is 10.8. The van der Waals surface area contributed by atoms with Crippen LogP contribution in [0.2, 0.25) is 0 Å². The summed E-state index contributed by atoms with van der Waals surface area (Å²) in [5.41, 5.74) is 0. The van der Waals surface area contributed by atoms with E-state index in [-0.39, 0.29) is 15.5 Å². The number of carbonyl (C=O) groups excluding carboxylic acids is 1. The van der Waals surface area contributed by atoms with Gasteiger partial charge in [-0.3, -0.25) is 0 Å². The van der Waals surface area contributed by atoms with E-state index in [1.54, 1.807) is 7.05 Å². The predicted molar refractivity (Wildman–Crippen MR) is 63.2 cm³/mol. The minimum Gasteiger partial charge on any atom is -0.477 e. The average molecular weight is 256 g/mol. The van der Waals surface area contributed by atoms with Crippen molar-refractivity contribution in [2.45, 2.75) is 13.0 Å². The molecule has 1 amide bonds. The molecule has 0 saturated heterocycles. The third kappa shape index (κ3) is 3.08. The Morgan fingerprint density at radius 2 is 2.07 bits per heavy atom. The zero-order valence-electron chi connectivity index (χ0n) is 8.26. The summed E-state index contributed by atoms with van der Waals surface area (Å²) >= 11 is 3.96. The molecule has 0 aromatic rings. The topological polar surface area (TPSA) is 54.4 Å². The maximum absolute atomic E-state index is 11.4. The molecule has 0 aromatic heterocycles. The number of hydrogen-bond acceptors (Lipinski definition) is 5. The van der Waals surface area contributed by atoms with Crippen LogP contribution in [0.4, 0.5) is 0 Å². The quantitative estimate of drug-likeness (QED) is 0.336. The van der Waals surface area contributed by atoms with Gasteiger partial charge in [0.1, 0.15) is 0 Å². The molecule has 0 aliphatic carbocycles. The van der Waals surface area contributed by atoms with Crippen LogP contribution in [0.15, 0.2) is 0 Å². The summed E-state index contributed by atoms with van der Waals surface area (Å²) in [5, 5.41) is 8.95. The van der Waals surface area contributed by atoms with Gasteiger partial charge in [-0.1, -0.05) is 0 Å². The number of nitrogens with zero attached hydrogens (tertiary/aromatic N) is 1. The molecule has 0 aromatic carbocycles. The highest BCUT2D eigenvalue weighted by Gasteiger charge is 2.43. The Hall–Kier alpha value is 0.150. The van der Waals surface area contributed by atoms with E-state index in [0.29, 0.717) is 0 Å². The van der Waals surface area contributed by atoms with Gasteiger partial charge >= 0.3 is 11.9 Å². The van der Waals surface area contributed by atoms with Crippen LogP contribution < -0.4 is 0 Å². The molecule has 0 aliphatic rings. The van der Waals surface area contributed by atoms with Gasteiger partial charge in [-0.05, 0) is 17.0 Å². The van der Waals surface area contributed by atoms with Crippen LogP contribution in [0.5, 0.6) is 0 Å². The highest BCUT2D eigenvalue weighted by atomic mass is 33.1. The summed E-state index contributed by atoms with van der Waals surface area (Å²) in [7, 11) is 4.19. The predicted octanol–water partition coefficient (Wildman–Crippen LogP) is 1.29. The fourth-order valence-electron chi connectivity index (χ4n) is 0.923. The number of carbonyl (C=O) groups is 2. The van der Waals surface area contributed by atoms with Crippen LogP contribution in [-0.2, 0) is 9.59 Å². The van der Waals surface area contributed by atoms with Gasteiger partial charge < -0.3 is 5.11 Å². The van der Waals surface area contributed by atoms with Gasteiger partial charge in [-0.2, -0.15) is 16.5 Å². The fourth-order valence-corrected chi connectivity index (χ4v) is 3.76. The number of thiol groups is 1. The lowest BCUT2D eigenvalue weighted by Crippen LogP contribution is -2.54. The highest BCUT2D eigenvalue weighted by molar-refractivity contribution is 8.74. The minimum atomic E-state index is -1.00. The molecule has 2 atom stereocenters. The molecule has 1 N–H and O–H groups in total. The third-order valence-corrected chi connectivity index (χ3v) is 4.60. The number of hydrogen-bond donors (Lipinski definition) is 2. The number of aliphatic carboxylic acids is 1. The summed E-state index contributed by atoms with van der Waals surface area (Å²) in [6.07, 6.45) is 1.81. The number of carboxylic acids is 1. The average Bonchev–Trinajstić information content (AvgIpc) is 2.04. The van der Waals surface area contributed by atoms with Crippen molar-refractivity contribution in [1.82, 2.24) is 0 Å².